The highest BCUT2D eigenvalue weighted by Gasteiger charge is 2.55. The van der Waals surface area contributed by atoms with Crippen LogP contribution in [0.15, 0.2) is 10.5 Å². The molecule has 1 aromatic heterocycles. The van der Waals surface area contributed by atoms with Gasteiger partial charge in [-0.1, -0.05) is 0 Å². The zero-order chi connectivity index (χ0) is 22.9. The van der Waals surface area contributed by atoms with Crippen molar-refractivity contribution in [3.05, 3.63) is 25.5 Å². The summed E-state index contributed by atoms with van der Waals surface area (Å²) in [6, 6.07) is 2.07. The van der Waals surface area contributed by atoms with Crippen LogP contribution in [0, 0.1) is 9.39 Å². The molecule has 1 atom stereocenters. The van der Waals surface area contributed by atoms with Crippen LogP contribution in [0.1, 0.15) is 5.56 Å². The summed E-state index contributed by atoms with van der Waals surface area (Å²) in [6.07, 6.45) is -1.13. The molecule has 5 rings (SSSR count). The number of hydrogen-bond donors (Lipinski definition) is 2. The Morgan fingerprint density at radius 2 is 2.19 bits per heavy atom. The second-order valence-corrected chi connectivity index (χ2v) is 10.4. The van der Waals surface area contributed by atoms with E-state index in [0.29, 0.717) is 49.6 Å². The van der Waals surface area contributed by atoms with Gasteiger partial charge in [-0.3, -0.25) is 4.79 Å². The Morgan fingerprint density at radius 1 is 1.47 bits per heavy atom. The summed E-state index contributed by atoms with van der Waals surface area (Å²) in [4.78, 5) is 34.9. The SMILES string of the molecule is CN(C)C1CN(c2nc3c(F)c(Br)c(I)cc3c3c2NC(=O)C32CN(C(=O)O)CCO2)C1. The van der Waals surface area contributed by atoms with Crippen LogP contribution in [-0.2, 0) is 15.1 Å². The van der Waals surface area contributed by atoms with Crippen molar-refractivity contribution in [2.75, 3.05) is 57.1 Å². The maximum Gasteiger partial charge on any atom is 0.407 e. The van der Waals surface area contributed by atoms with Gasteiger partial charge in [0.25, 0.3) is 5.91 Å². The van der Waals surface area contributed by atoms with E-state index in [9.17, 15) is 14.7 Å². The van der Waals surface area contributed by atoms with Crippen molar-refractivity contribution >= 4 is 72.9 Å². The number of nitrogens with zero attached hydrogens (tertiary/aromatic N) is 4. The van der Waals surface area contributed by atoms with Gasteiger partial charge in [-0.25, -0.2) is 14.2 Å². The Hall–Kier alpha value is -1.77. The molecule has 3 aliphatic rings. The number of anilines is 2. The van der Waals surface area contributed by atoms with E-state index in [1.165, 1.54) is 0 Å². The number of carbonyl (C=O) groups is 2. The summed E-state index contributed by atoms with van der Waals surface area (Å²) < 4.78 is 22.3. The number of benzene rings is 1. The lowest BCUT2D eigenvalue weighted by Crippen LogP contribution is -2.57. The number of aromatic nitrogens is 1. The lowest BCUT2D eigenvalue weighted by Gasteiger charge is -2.44. The summed E-state index contributed by atoms with van der Waals surface area (Å²) >= 11 is 5.30. The molecule has 3 aliphatic heterocycles. The summed E-state index contributed by atoms with van der Waals surface area (Å²) in [5.41, 5.74) is -0.529. The molecule has 2 saturated heterocycles. The van der Waals surface area contributed by atoms with Crippen LogP contribution < -0.4 is 10.2 Å². The van der Waals surface area contributed by atoms with Gasteiger partial charge in [-0.2, -0.15) is 0 Å². The first-order chi connectivity index (χ1) is 15.1. The Morgan fingerprint density at radius 3 is 2.84 bits per heavy atom. The molecule has 1 aromatic carbocycles. The zero-order valence-electron chi connectivity index (χ0n) is 17.3. The largest absolute Gasteiger partial charge is 0.465 e. The molecule has 9 nitrogen and oxygen atoms in total. The number of nitrogens with one attached hydrogen (secondary N) is 1. The Labute approximate surface area is 205 Å². The van der Waals surface area contributed by atoms with Gasteiger partial charge in [0.05, 0.1) is 23.3 Å². The van der Waals surface area contributed by atoms with Crippen molar-refractivity contribution < 1.29 is 23.8 Å². The smallest absolute Gasteiger partial charge is 0.407 e. The van der Waals surface area contributed by atoms with E-state index in [0.717, 1.165) is 4.90 Å². The van der Waals surface area contributed by atoms with Gasteiger partial charge in [0, 0.05) is 40.2 Å². The number of fused-ring (bicyclic) bond motifs is 4. The molecular weight excluding hydrogens is 600 g/mol. The standard InChI is InChI=1S/C20H20BrFIN5O4/c1-26(2)9-6-28(7-9)17-16-12(10-5-11(23)13(21)14(22)15(10)24-17)20(18(29)25-16)8-27(19(30)31)3-4-32-20/h5,9H,3-4,6-8H2,1-2H3,(H,25,29)(H,30,31). The molecule has 0 aliphatic carbocycles. The second kappa shape index (κ2) is 7.64. The van der Waals surface area contributed by atoms with Crippen LogP contribution in [-0.4, -0.2) is 84.8 Å². The van der Waals surface area contributed by atoms with Crippen molar-refractivity contribution in [2.24, 2.45) is 0 Å². The van der Waals surface area contributed by atoms with Crippen LogP contribution in [0.5, 0.6) is 0 Å². The van der Waals surface area contributed by atoms with Crippen molar-refractivity contribution in [1.29, 1.82) is 0 Å². The van der Waals surface area contributed by atoms with E-state index in [4.69, 9.17) is 4.74 Å². The van der Waals surface area contributed by atoms with E-state index in [-0.39, 0.29) is 25.2 Å². The number of amides is 2. The number of carboxylic acid groups (broad SMARTS) is 1. The summed E-state index contributed by atoms with van der Waals surface area (Å²) in [5, 5.41) is 12.9. The maximum atomic E-state index is 15.4. The van der Waals surface area contributed by atoms with Gasteiger partial charge in [-0.15, -0.1) is 0 Å². The second-order valence-electron chi connectivity index (χ2n) is 8.42. The van der Waals surface area contributed by atoms with E-state index in [1.807, 2.05) is 41.6 Å². The third-order valence-corrected chi connectivity index (χ3v) is 8.76. The average Bonchev–Trinajstić information content (AvgIpc) is 2.97. The van der Waals surface area contributed by atoms with Gasteiger partial charge in [0.1, 0.15) is 5.52 Å². The minimum atomic E-state index is -1.56. The number of rotatable bonds is 2. The summed E-state index contributed by atoms with van der Waals surface area (Å²) in [5.74, 6) is -0.517. The molecule has 0 saturated carbocycles. The van der Waals surface area contributed by atoms with Crippen LogP contribution in [0.4, 0.5) is 20.7 Å². The number of ether oxygens (including phenoxy) is 1. The predicted octanol–water partition coefficient (Wildman–Crippen LogP) is 2.65. The van der Waals surface area contributed by atoms with E-state index in [1.54, 1.807) is 6.07 Å². The molecule has 2 N–H and O–H groups in total. The minimum Gasteiger partial charge on any atom is -0.465 e. The monoisotopic (exact) mass is 619 g/mol. The molecule has 0 radical (unpaired) electrons. The van der Waals surface area contributed by atoms with Gasteiger partial charge >= 0.3 is 6.09 Å². The first-order valence-corrected chi connectivity index (χ1v) is 11.9. The number of likely N-dealkylation sites (N-methyl/N-ethyl adjacent to an activating group) is 1. The Kier molecular flexibility index (Phi) is 5.26. The summed E-state index contributed by atoms with van der Waals surface area (Å²) in [7, 11) is 3.98. The molecule has 2 amide bonds. The fourth-order valence-corrected chi connectivity index (χ4v) is 5.37. The number of hydrogen-bond acceptors (Lipinski definition) is 6. The maximum absolute atomic E-state index is 15.4. The highest BCUT2D eigenvalue weighted by Crippen LogP contribution is 2.50. The van der Waals surface area contributed by atoms with E-state index < -0.39 is 23.4 Å². The molecule has 1 unspecified atom stereocenters. The van der Waals surface area contributed by atoms with Gasteiger partial charge in [-0.05, 0) is 58.7 Å². The van der Waals surface area contributed by atoms with Crippen molar-refractivity contribution in [1.82, 2.24) is 14.8 Å². The molecule has 2 aromatic rings. The topological polar surface area (TPSA) is 98.2 Å². The average molecular weight is 620 g/mol. The third kappa shape index (κ3) is 3.10. The third-order valence-electron chi connectivity index (χ3n) is 6.39. The molecule has 1 spiro atoms. The van der Waals surface area contributed by atoms with Gasteiger partial charge < -0.3 is 29.9 Å². The van der Waals surface area contributed by atoms with Gasteiger partial charge in [0.2, 0.25) is 0 Å². The molecule has 12 heteroatoms. The molecular formula is C20H20BrFIN5O4. The fraction of sp³-hybridized carbons (Fsp3) is 0.450. The van der Waals surface area contributed by atoms with Crippen LogP contribution in [0.3, 0.4) is 0 Å². The van der Waals surface area contributed by atoms with Gasteiger partial charge in [0.15, 0.2) is 17.2 Å². The summed E-state index contributed by atoms with van der Waals surface area (Å²) in [6.45, 7) is 1.39. The van der Waals surface area contributed by atoms with Crippen LogP contribution in [0.25, 0.3) is 10.9 Å². The number of morpholine rings is 1. The Balaban J connectivity index is 1.75. The van der Waals surface area contributed by atoms with Crippen molar-refractivity contribution in [3.8, 4) is 0 Å². The van der Waals surface area contributed by atoms with Crippen LogP contribution >= 0.6 is 38.5 Å². The predicted molar refractivity (Wildman–Crippen MR) is 128 cm³/mol. The molecule has 170 valence electrons. The highest BCUT2D eigenvalue weighted by molar-refractivity contribution is 14.1. The molecule has 2 fully saturated rings. The zero-order valence-corrected chi connectivity index (χ0v) is 21.0. The molecule has 4 heterocycles. The lowest BCUT2D eigenvalue weighted by atomic mass is 9.89. The van der Waals surface area contributed by atoms with Crippen LogP contribution in [0.2, 0.25) is 0 Å². The van der Waals surface area contributed by atoms with E-state index >= 15 is 4.39 Å². The highest BCUT2D eigenvalue weighted by atomic mass is 127. The minimum absolute atomic E-state index is 0.0564. The number of carbonyl (C=O) groups excluding carboxylic acids is 1. The number of pyridine rings is 1. The lowest BCUT2D eigenvalue weighted by molar-refractivity contribution is -0.152. The normalized spacial score (nSPS) is 23.1. The van der Waals surface area contributed by atoms with Crippen molar-refractivity contribution in [2.45, 2.75) is 11.6 Å². The van der Waals surface area contributed by atoms with E-state index in [2.05, 4.69) is 31.1 Å². The quantitative estimate of drug-likeness (QED) is 0.394. The number of halogens is 3. The molecule has 0 bridgehead atoms. The molecule has 32 heavy (non-hydrogen) atoms. The van der Waals surface area contributed by atoms with Crippen molar-refractivity contribution in [3.63, 3.8) is 0 Å². The first-order valence-electron chi connectivity index (χ1n) is 10.0. The Bertz CT molecular complexity index is 1170. The first kappa shape index (κ1) is 22.0. The fourth-order valence-electron chi connectivity index (χ4n) is 4.52.